The lowest BCUT2D eigenvalue weighted by Gasteiger charge is -2.31. The molecule has 2 rings (SSSR count). The number of benzene rings is 1. The van der Waals surface area contributed by atoms with Crippen LogP contribution in [0.3, 0.4) is 0 Å². The maximum Gasteiger partial charge on any atom is 0.238 e. The molecule has 0 bridgehead atoms. The lowest BCUT2D eigenvalue weighted by atomic mass is 9.95. The fraction of sp³-hybridized carbons (Fsp3) is 0.579. The Kier molecular flexibility index (Phi) is 7.26. The largest absolute Gasteiger partial charge is 0.493 e. The van der Waals surface area contributed by atoms with Crippen molar-refractivity contribution in [3.05, 3.63) is 18.2 Å². The second-order valence-corrected chi connectivity index (χ2v) is 6.83. The van der Waals surface area contributed by atoms with E-state index in [0.717, 1.165) is 25.9 Å². The highest BCUT2D eigenvalue weighted by molar-refractivity contribution is 5.92. The Bertz CT molecular complexity index is 625. The molecule has 2 N–H and O–H groups in total. The Morgan fingerprint density at radius 3 is 2.38 bits per heavy atom. The lowest BCUT2D eigenvalue weighted by molar-refractivity contribution is -0.127. The van der Waals surface area contributed by atoms with Gasteiger partial charge >= 0.3 is 0 Å². The number of likely N-dealkylation sites (tertiary alicyclic amines) is 1. The van der Waals surface area contributed by atoms with E-state index in [1.165, 1.54) is 0 Å². The average Bonchev–Trinajstić information content (AvgIpc) is 2.61. The number of ether oxygens (including phenoxy) is 2. The van der Waals surface area contributed by atoms with E-state index in [9.17, 15) is 9.59 Å². The van der Waals surface area contributed by atoms with Crippen molar-refractivity contribution in [2.75, 3.05) is 39.2 Å². The fourth-order valence-electron chi connectivity index (χ4n) is 3.07. The van der Waals surface area contributed by atoms with E-state index >= 15 is 0 Å². The summed E-state index contributed by atoms with van der Waals surface area (Å²) in [5.41, 5.74) is 0.666. The van der Waals surface area contributed by atoms with Gasteiger partial charge in [-0.3, -0.25) is 14.5 Å². The predicted molar refractivity (Wildman–Crippen MR) is 101 cm³/mol. The number of rotatable bonds is 7. The number of piperidine rings is 1. The van der Waals surface area contributed by atoms with Gasteiger partial charge in [0.05, 0.1) is 20.8 Å². The number of hydrogen-bond donors (Lipinski definition) is 2. The first-order valence-electron chi connectivity index (χ1n) is 8.97. The van der Waals surface area contributed by atoms with Crippen LogP contribution in [-0.2, 0) is 9.59 Å². The predicted octanol–water partition coefficient (Wildman–Crippen LogP) is 1.88. The van der Waals surface area contributed by atoms with E-state index in [1.807, 2.05) is 13.8 Å². The number of carbonyl (C=O) groups is 2. The van der Waals surface area contributed by atoms with Crippen LogP contribution < -0.4 is 20.1 Å². The third-order valence-electron chi connectivity index (χ3n) is 4.42. The Morgan fingerprint density at radius 2 is 1.81 bits per heavy atom. The number of nitrogens with zero attached hydrogens (tertiary/aromatic N) is 1. The SMILES string of the molecule is COc1ccc(NC(=O)CN2CCC(C(=O)NC(C)C)CC2)cc1OC. The van der Waals surface area contributed by atoms with Crippen LogP contribution in [0.25, 0.3) is 0 Å². The molecular weight excluding hydrogens is 334 g/mol. The standard InChI is InChI=1S/C19H29N3O4/c1-13(2)20-19(24)14-7-9-22(10-8-14)12-18(23)21-15-5-6-16(25-3)17(11-15)26-4/h5-6,11,13-14H,7-10,12H2,1-4H3,(H,20,24)(H,21,23). The zero-order valence-corrected chi connectivity index (χ0v) is 16.0. The van der Waals surface area contributed by atoms with Gasteiger partial charge in [-0.15, -0.1) is 0 Å². The molecule has 0 saturated carbocycles. The molecule has 2 amide bonds. The molecule has 1 heterocycles. The zero-order valence-electron chi connectivity index (χ0n) is 16.0. The van der Waals surface area contributed by atoms with Crippen LogP contribution in [0, 0.1) is 5.92 Å². The molecule has 1 aliphatic heterocycles. The first kappa shape index (κ1) is 20.0. The summed E-state index contributed by atoms with van der Waals surface area (Å²) in [6, 6.07) is 5.43. The smallest absolute Gasteiger partial charge is 0.238 e. The molecule has 144 valence electrons. The molecule has 1 aromatic rings. The third kappa shape index (κ3) is 5.62. The molecule has 0 spiro atoms. The summed E-state index contributed by atoms with van der Waals surface area (Å²) in [7, 11) is 3.13. The lowest BCUT2D eigenvalue weighted by Crippen LogP contribution is -2.44. The van der Waals surface area contributed by atoms with E-state index in [4.69, 9.17) is 9.47 Å². The van der Waals surface area contributed by atoms with Crippen LogP contribution in [0.15, 0.2) is 18.2 Å². The Morgan fingerprint density at radius 1 is 1.15 bits per heavy atom. The van der Waals surface area contributed by atoms with Crippen molar-refractivity contribution < 1.29 is 19.1 Å². The average molecular weight is 363 g/mol. The van der Waals surface area contributed by atoms with Crippen molar-refractivity contribution in [1.29, 1.82) is 0 Å². The topological polar surface area (TPSA) is 79.9 Å². The van der Waals surface area contributed by atoms with Gasteiger partial charge in [0.15, 0.2) is 11.5 Å². The molecule has 0 radical (unpaired) electrons. The van der Waals surface area contributed by atoms with Gasteiger partial charge in [0.25, 0.3) is 0 Å². The van der Waals surface area contributed by atoms with Crippen molar-refractivity contribution in [3.63, 3.8) is 0 Å². The van der Waals surface area contributed by atoms with Crippen LogP contribution in [-0.4, -0.2) is 56.6 Å². The Balaban J connectivity index is 1.81. The highest BCUT2D eigenvalue weighted by Gasteiger charge is 2.26. The fourth-order valence-corrected chi connectivity index (χ4v) is 3.07. The maximum absolute atomic E-state index is 12.3. The van der Waals surface area contributed by atoms with Gasteiger partial charge in [-0.25, -0.2) is 0 Å². The molecule has 1 aliphatic rings. The molecule has 1 aromatic carbocycles. The summed E-state index contributed by atoms with van der Waals surface area (Å²) in [5, 5.41) is 5.84. The van der Waals surface area contributed by atoms with Gasteiger partial charge in [-0.1, -0.05) is 0 Å². The van der Waals surface area contributed by atoms with Gasteiger partial charge in [0, 0.05) is 23.7 Å². The summed E-state index contributed by atoms with van der Waals surface area (Å²) < 4.78 is 10.4. The minimum absolute atomic E-state index is 0.0440. The summed E-state index contributed by atoms with van der Waals surface area (Å²) in [5.74, 6) is 1.27. The third-order valence-corrected chi connectivity index (χ3v) is 4.42. The summed E-state index contributed by atoms with van der Waals surface area (Å²) >= 11 is 0. The quantitative estimate of drug-likeness (QED) is 0.773. The van der Waals surface area contributed by atoms with E-state index in [2.05, 4.69) is 15.5 Å². The monoisotopic (exact) mass is 363 g/mol. The minimum atomic E-state index is -0.0812. The molecule has 7 nitrogen and oxygen atoms in total. The first-order chi connectivity index (χ1) is 12.4. The van der Waals surface area contributed by atoms with Gasteiger partial charge in [-0.2, -0.15) is 0 Å². The maximum atomic E-state index is 12.3. The highest BCUT2D eigenvalue weighted by Crippen LogP contribution is 2.29. The molecule has 0 aromatic heterocycles. The normalized spacial score (nSPS) is 15.6. The molecule has 0 atom stereocenters. The number of carbonyl (C=O) groups excluding carboxylic acids is 2. The van der Waals surface area contributed by atoms with Crippen molar-refractivity contribution in [3.8, 4) is 11.5 Å². The van der Waals surface area contributed by atoms with Crippen LogP contribution >= 0.6 is 0 Å². The van der Waals surface area contributed by atoms with Crippen molar-refractivity contribution >= 4 is 17.5 Å². The number of hydrogen-bond acceptors (Lipinski definition) is 5. The van der Waals surface area contributed by atoms with Crippen LogP contribution in [0.2, 0.25) is 0 Å². The number of nitrogens with one attached hydrogen (secondary N) is 2. The summed E-state index contributed by atoms with van der Waals surface area (Å²) in [6.07, 6.45) is 1.56. The van der Waals surface area contributed by atoms with E-state index in [1.54, 1.807) is 32.4 Å². The number of anilines is 1. The number of methoxy groups -OCH3 is 2. The van der Waals surface area contributed by atoms with Crippen LogP contribution in [0.5, 0.6) is 11.5 Å². The molecule has 0 aliphatic carbocycles. The van der Waals surface area contributed by atoms with Gasteiger partial charge in [-0.05, 0) is 51.9 Å². The van der Waals surface area contributed by atoms with Gasteiger partial charge < -0.3 is 20.1 Å². The molecule has 7 heteroatoms. The molecule has 1 fully saturated rings. The van der Waals surface area contributed by atoms with E-state index in [0.29, 0.717) is 23.7 Å². The second-order valence-electron chi connectivity index (χ2n) is 6.83. The molecule has 1 saturated heterocycles. The Hall–Kier alpha value is -2.28. The molecule has 0 unspecified atom stereocenters. The van der Waals surface area contributed by atoms with Gasteiger partial charge in [0.2, 0.25) is 11.8 Å². The zero-order chi connectivity index (χ0) is 19.1. The second kappa shape index (κ2) is 9.43. The van der Waals surface area contributed by atoms with Gasteiger partial charge in [0.1, 0.15) is 0 Å². The van der Waals surface area contributed by atoms with Crippen LogP contribution in [0.1, 0.15) is 26.7 Å². The summed E-state index contributed by atoms with van der Waals surface area (Å²) in [4.78, 5) is 26.4. The minimum Gasteiger partial charge on any atom is -0.493 e. The van der Waals surface area contributed by atoms with Crippen molar-refractivity contribution in [2.24, 2.45) is 5.92 Å². The van der Waals surface area contributed by atoms with Crippen molar-refractivity contribution in [2.45, 2.75) is 32.7 Å². The number of amides is 2. The summed E-state index contributed by atoms with van der Waals surface area (Å²) in [6.45, 7) is 5.73. The highest BCUT2D eigenvalue weighted by atomic mass is 16.5. The Labute approximate surface area is 155 Å². The van der Waals surface area contributed by atoms with E-state index in [-0.39, 0.29) is 23.8 Å². The van der Waals surface area contributed by atoms with Crippen LogP contribution in [0.4, 0.5) is 5.69 Å². The van der Waals surface area contributed by atoms with E-state index < -0.39 is 0 Å². The van der Waals surface area contributed by atoms with Crippen molar-refractivity contribution in [1.82, 2.24) is 10.2 Å². The first-order valence-corrected chi connectivity index (χ1v) is 8.97. The molecule has 26 heavy (non-hydrogen) atoms. The molecular formula is C19H29N3O4.